The van der Waals surface area contributed by atoms with Crippen LogP contribution in [0, 0.1) is 0 Å². The third-order valence-corrected chi connectivity index (χ3v) is 7.16. The first-order valence-electron chi connectivity index (χ1n) is 13.7. The molecule has 1 amide bonds. The highest BCUT2D eigenvalue weighted by Gasteiger charge is 2.13. The molecule has 0 aliphatic carbocycles. The second-order valence-electron chi connectivity index (χ2n) is 10.0. The van der Waals surface area contributed by atoms with Crippen molar-refractivity contribution in [2.24, 2.45) is 0 Å². The second kappa shape index (κ2) is 12.2. The molecule has 0 atom stereocenters. The topological polar surface area (TPSA) is 62.5 Å². The van der Waals surface area contributed by atoms with Crippen LogP contribution in [0.1, 0.15) is 66.3 Å². The van der Waals surface area contributed by atoms with Crippen LogP contribution in [0.15, 0.2) is 66.7 Å². The van der Waals surface area contributed by atoms with Gasteiger partial charge in [0.2, 0.25) is 0 Å². The Hall–Kier alpha value is -3.51. The summed E-state index contributed by atoms with van der Waals surface area (Å²) in [5.41, 5.74) is 5.95. The van der Waals surface area contributed by atoms with Gasteiger partial charge in [0.15, 0.2) is 11.5 Å². The maximum Gasteiger partial charge on any atom is 0.251 e. The number of rotatable bonds is 11. The number of benzene rings is 2. The standard InChI is InChI=1S/C31H37N5O/c1-2-3-18-32-31(37)27-11-6-10-26(23-27)28-12-7-13-30-33-29(34-36(28)30)22-25-16-14-24(15-17-25)9-8-21-35-19-4-5-20-35/h6-7,10-17,23H,2-5,8-9,18-22H2,1H3,(H,32,37). The molecule has 0 unspecified atom stereocenters. The van der Waals surface area contributed by atoms with Crippen molar-refractivity contribution >= 4 is 11.6 Å². The summed E-state index contributed by atoms with van der Waals surface area (Å²) in [6.07, 6.45) is 7.79. The van der Waals surface area contributed by atoms with Gasteiger partial charge in [-0.1, -0.05) is 55.8 Å². The van der Waals surface area contributed by atoms with Gasteiger partial charge >= 0.3 is 0 Å². The number of carbonyl (C=O) groups is 1. The van der Waals surface area contributed by atoms with E-state index in [4.69, 9.17) is 10.1 Å². The van der Waals surface area contributed by atoms with Gasteiger partial charge in [0, 0.05) is 24.1 Å². The van der Waals surface area contributed by atoms with E-state index in [2.05, 4.69) is 41.4 Å². The monoisotopic (exact) mass is 495 g/mol. The van der Waals surface area contributed by atoms with E-state index in [1.807, 2.05) is 47.0 Å². The lowest BCUT2D eigenvalue weighted by atomic mass is 10.1. The number of pyridine rings is 1. The van der Waals surface area contributed by atoms with Crippen molar-refractivity contribution in [3.63, 3.8) is 0 Å². The van der Waals surface area contributed by atoms with Crippen LogP contribution in [-0.2, 0) is 12.8 Å². The Morgan fingerprint density at radius 1 is 0.946 bits per heavy atom. The molecule has 0 radical (unpaired) electrons. The van der Waals surface area contributed by atoms with Crippen LogP contribution in [0.3, 0.4) is 0 Å². The van der Waals surface area contributed by atoms with E-state index in [-0.39, 0.29) is 5.91 Å². The zero-order chi connectivity index (χ0) is 25.5. The molecule has 4 aromatic rings. The molecule has 3 heterocycles. The summed E-state index contributed by atoms with van der Waals surface area (Å²) in [6.45, 7) is 6.56. The van der Waals surface area contributed by atoms with Crippen molar-refractivity contribution in [2.75, 3.05) is 26.2 Å². The van der Waals surface area contributed by atoms with Crippen LogP contribution < -0.4 is 5.32 Å². The number of nitrogens with zero attached hydrogens (tertiary/aromatic N) is 4. The fourth-order valence-electron chi connectivity index (χ4n) is 5.06. The molecule has 0 saturated carbocycles. The van der Waals surface area contributed by atoms with Gasteiger partial charge in [-0.2, -0.15) is 5.10 Å². The zero-order valence-electron chi connectivity index (χ0n) is 21.8. The third-order valence-electron chi connectivity index (χ3n) is 7.16. The normalized spacial score (nSPS) is 13.9. The number of amides is 1. The molecule has 0 spiro atoms. The lowest BCUT2D eigenvalue weighted by Gasteiger charge is -2.13. The Morgan fingerprint density at radius 2 is 1.73 bits per heavy atom. The Labute approximate surface area is 219 Å². The van der Waals surface area contributed by atoms with Gasteiger partial charge in [0.25, 0.3) is 5.91 Å². The summed E-state index contributed by atoms with van der Waals surface area (Å²) in [7, 11) is 0. The Balaban J connectivity index is 1.26. The fraction of sp³-hybridized carbons (Fsp3) is 0.387. The summed E-state index contributed by atoms with van der Waals surface area (Å²) in [5, 5.41) is 7.83. The second-order valence-corrected chi connectivity index (χ2v) is 10.0. The van der Waals surface area contributed by atoms with E-state index >= 15 is 0 Å². The van der Waals surface area contributed by atoms with Crippen molar-refractivity contribution in [1.29, 1.82) is 0 Å². The van der Waals surface area contributed by atoms with Gasteiger partial charge in [-0.05, 0) is 87.1 Å². The van der Waals surface area contributed by atoms with E-state index in [1.165, 1.54) is 50.0 Å². The quantitative estimate of drug-likeness (QED) is 0.277. The molecule has 192 valence electrons. The highest BCUT2D eigenvalue weighted by atomic mass is 16.1. The third kappa shape index (κ3) is 6.44. The largest absolute Gasteiger partial charge is 0.352 e. The predicted molar refractivity (Wildman–Crippen MR) is 149 cm³/mol. The molecular formula is C31H37N5O. The van der Waals surface area contributed by atoms with Gasteiger partial charge in [-0.25, -0.2) is 9.50 Å². The van der Waals surface area contributed by atoms with Crippen LogP contribution in [0.2, 0.25) is 0 Å². The number of fused-ring (bicyclic) bond motifs is 1. The molecule has 1 saturated heterocycles. The smallest absolute Gasteiger partial charge is 0.251 e. The van der Waals surface area contributed by atoms with Crippen molar-refractivity contribution < 1.29 is 4.79 Å². The molecule has 0 bridgehead atoms. The highest BCUT2D eigenvalue weighted by Crippen LogP contribution is 2.22. The molecule has 1 N–H and O–H groups in total. The van der Waals surface area contributed by atoms with Gasteiger partial charge in [-0.3, -0.25) is 4.79 Å². The van der Waals surface area contributed by atoms with Crippen molar-refractivity contribution in [3.05, 3.63) is 89.2 Å². The average Bonchev–Trinajstić information content (AvgIpc) is 3.59. The van der Waals surface area contributed by atoms with Gasteiger partial charge in [0.1, 0.15) is 0 Å². The minimum absolute atomic E-state index is 0.0405. The predicted octanol–water partition coefficient (Wildman–Crippen LogP) is 5.55. The van der Waals surface area contributed by atoms with Gasteiger partial charge in [-0.15, -0.1) is 0 Å². The summed E-state index contributed by atoms with van der Waals surface area (Å²) < 4.78 is 1.89. The van der Waals surface area contributed by atoms with Crippen LogP contribution in [0.4, 0.5) is 0 Å². The Kier molecular flexibility index (Phi) is 8.26. The summed E-state index contributed by atoms with van der Waals surface area (Å²) >= 11 is 0. The first-order chi connectivity index (χ1) is 18.2. The minimum Gasteiger partial charge on any atom is -0.352 e. The molecule has 1 fully saturated rings. The molecule has 2 aromatic carbocycles. The molecule has 37 heavy (non-hydrogen) atoms. The summed E-state index contributed by atoms with van der Waals surface area (Å²) in [5.74, 6) is 0.754. The lowest BCUT2D eigenvalue weighted by Crippen LogP contribution is -2.24. The Morgan fingerprint density at radius 3 is 2.54 bits per heavy atom. The van der Waals surface area contributed by atoms with Gasteiger partial charge in [0.05, 0.1) is 5.69 Å². The lowest BCUT2D eigenvalue weighted by molar-refractivity contribution is 0.0953. The number of hydrogen-bond acceptors (Lipinski definition) is 4. The van der Waals surface area contributed by atoms with Crippen LogP contribution >= 0.6 is 0 Å². The number of aromatic nitrogens is 3. The first-order valence-corrected chi connectivity index (χ1v) is 13.7. The maximum atomic E-state index is 12.6. The number of nitrogens with one attached hydrogen (secondary N) is 1. The van der Waals surface area contributed by atoms with Crippen molar-refractivity contribution in [1.82, 2.24) is 24.8 Å². The average molecular weight is 496 g/mol. The first kappa shape index (κ1) is 25.2. The maximum absolute atomic E-state index is 12.6. The number of carbonyl (C=O) groups excluding carboxylic acids is 1. The molecule has 1 aliphatic heterocycles. The SMILES string of the molecule is CCCCNC(=O)c1cccc(-c2cccc3nc(Cc4ccc(CCCN5CCCC5)cc4)nn23)c1. The minimum atomic E-state index is -0.0405. The van der Waals surface area contributed by atoms with Crippen molar-refractivity contribution in [3.8, 4) is 11.3 Å². The Bertz CT molecular complexity index is 1320. The molecule has 6 nitrogen and oxygen atoms in total. The van der Waals surface area contributed by atoms with Crippen LogP contribution in [-0.4, -0.2) is 51.6 Å². The number of likely N-dealkylation sites (tertiary alicyclic amines) is 1. The van der Waals surface area contributed by atoms with Gasteiger partial charge < -0.3 is 10.2 Å². The van der Waals surface area contributed by atoms with Crippen molar-refractivity contribution in [2.45, 2.75) is 51.9 Å². The summed E-state index contributed by atoms with van der Waals surface area (Å²) in [4.78, 5) is 19.9. The van der Waals surface area contributed by atoms with E-state index < -0.39 is 0 Å². The van der Waals surface area contributed by atoms with E-state index in [9.17, 15) is 4.79 Å². The molecule has 6 heteroatoms. The van der Waals surface area contributed by atoms with Crippen LogP contribution in [0.25, 0.3) is 16.9 Å². The number of unbranched alkanes of at least 4 members (excludes halogenated alkanes) is 1. The molecular weight excluding hydrogens is 458 g/mol. The highest BCUT2D eigenvalue weighted by molar-refractivity contribution is 5.95. The zero-order valence-corrected chi connectivity index (χ0v) is 21.8. The van der Waals surface area contributed by atoms with E-state index in [0.29, 0.717) is 18.5 Å². The number of hydrogen-bond donors (Lipinski definition) is 1. The van der Waals surface area contributed by atoms with E-state index in [1.54, 1.807) is 0 Å². The molecule has 5 rings (SSSR count). The van der Waals surface area contributed by atoms with Crippen LogP contribution in [0.5, 0.6) is 0 Å². The molecule has 2 aromatic heterocycles. The number of aryl methyl sites for hydroxylation is 1. The summed E-state index contributed by atoms with van der Waals surface area (Å²) in [6, 6.07) is 22.6. The fourth-order valence-corrected chi connectivity index (χ4v) is 5.06. The van der Waals surface area contributed by atoms with E-state index in [0.717, 1.165) is 42.0 Å². The molecule has 1 aliphatic rings.